The van der Waals surface area contributed by atoms with Crippen LogP contribution in [0.15, 0.2) is 72.8 Å². The fourth-order valence-electron chi connectivity index (χ4n) is 4.54. The van der Waals surface area contributed by atoms with Crippen LogP contribution in [0.25, 0.3) is 22.0 Å². The van der Waals surface area contributed by atoms with E-state index in [1.165, 1.54) is 17.7 Å². The molecule has 166 valence electrons. The number of carboxylic acids is 1. The second kappa shape index (κ2) is 8.83. The molecule has 0 unspecified atom stereocenters. The number of halogens is 2. The summed E-state index contributed by atoms with van der Waals surface area (Å²) in [5.74, 6) is 0.0256. The Morgan fingerprint density at radius 1 is 0.970 bits per heavy atom. The predicted octanol–water partition coefficient (Wildman–Crippen LogP) is 6.78. The van der Waals surface area contributed by atoms with Crippen molar-refractivity contribution in [3.05, 3.63) is 94.8 Å². The van der Waals surface area contributed by atoms with Crippen molar-refractivity contribution in [1.82, 2.24) is 4.98 Å². The summed E-state index contributed by atoms with van der Waals surface area (Å²) in [5.41, 5.74) is 3.97. The molecule has 33 heavy (non-hydrogen) atoms. The number of piperidine rings is 1. The van der Waals surface area contributed by atoms with Gasteiger partial charge >= 0.3 is 5.97 Å². The van der Waals surface area contributed by atoms with Crippen molar-refractivity contribution in [2.24, 2.45) is 0 Å². The molecule has 1 aromatic heterocycles. The quantitative estimate of drug-likeness (QED) is 0.365. The van der Waals surface area contributed by atoms with Crippen LogP contribution in [0, 0.1) is 5.82 Å². The van der Waals surface area contributed by atoms with E-state index in [9.17, 15) is 14.3 Å². The fraction of sp³-hybridized carbons (Fsp3) is 0.185. The molecule has 4 nitrogen and oxygen atoms in total. The van der Waals surface area contributed by atoms with Crippen LogP contribution >= 0.6 is 11.6 Å². The number of carboxylic acid groups (broad SMARTS) is 1. The zero-order valence-corrected chi connectivity index (χ0v) is 18.6. The molecule has 1 aliphatic heterocycles. The number of pyridine rings is 1. The highest BCUT2D eigenvalue weighted by Gasteiger charge is 2.24. The Kier molecular flexibility index (Phi) is 5.73. The van der Waals surface area contributed by atoms with Crippen molar-refractivity contribution >= 4 is 34.3 Å². The minimum absolute atomic E-state index is 0.214. The first kappa shape index (κ1) is 21.4. The van der Waals surface area contributed by atoms with Crippen LogP contribution in [-0.4, -0.2) is 29.1 Å². The Labute approximate surface area is 196 Å². The van der Waals surface area contributed by atoms with Crippen molar-refractivity contribution in [2.75, 3.05) is 18.0 Å². The number of aromatic carboxylic acids is 1. The van der Waals surface area contributed by atoms with Crippen molar-refractivity contribution < 1.29 is 14.3 Å². The summed E-state index contributed by atoms with van der Waals surface area (Å²) in [5, 5.41) is 10.9. The molecule has 0 amide bonds. The van der Waals surface area contributed by atoms with Gasteiger partial charge in [0.2, 0.25) is 0 Å². The van der Waals surface area contributed by atoms with E-state index in [1.54, 1.807) is 30.3 Å². The molecule has 0 aliphatic carbocycles. The summed E-state index contributed by atoms with van der Waals surface area (Å²) in [7, 11) is 0. The molecule has 6 heteroatoms. The van der Waals surface area contributed by atoms with Crippen LogP contribution in [0.5, 0.6) is 0 Å². The Morgan fingerprint density at radius 3 is 2.33 bits per heavy atom. The molecule has 0 bridgehead atoms. The van der Waals surface area contributed by atoms with E-state index >= 15 is 0 Å². The smallest absolute Gasteiger partial charge is 0.335 e. The van der Waals surface area contributed by atoms with Crippen molar-refractivity contribution in [3.63, 3.8) is 0 Å². The maximum absolute atomic E-state index is 13.6. The number of rotatable bonds is 4. The summed E-state index contributed by atoms with van der Waals surface area (Å²) in [6.07, 6.45) is 1.98. The minimum Gasteiger partial charge on any atom is -0.478 e. The zero-order valence-electron chi connectivity index (χ0n) is 17.8. The summed E-state index contributed by atoms with van der Waals surface area (Å²) < 4.78 is 13.6. The SMILES string of the molecule is O=C(O)c1ccc2nc(N3CCC(c4ccc(Cl)cc4)CC3)c(-c3ccc(F)cc3)cc2c1. The Bertz CT molecular complexity index is 1310. The molecule has 4 aromatic rings. The Hall–Kier alpha value is -3.44. The third kappa shape index (κ3) is 4.41. The highest BCUT2D eigenvalue weighted by molar-refractivity contribution is 6.30. The van der Waals surface area contributed by atoms with E-state index in [1.807, 2.05) is 18.2 Å². The first-order valence-electron chi connectivity index (χ1n) is 10.9. The van der Waals surface area contributed by atoms with Crippen molar-refractivity contribution in [1.29, 1.82) is 0 Å². The van der Waals surface area contributed by atoms with Crippen LogP contribution in [0.4, 0.5) is 10.2 Å². The predicted molar refractivity (Wildman–Crippen MR) is 130 cm³/mol. The van der Waals surface area contributed by atoms with Gasteiger partial charge in [-0.25, -0.2) is 14.2 Å². The van der Waals surface area contributed by atoms with Crippen LogP contribution in [0.2, 0.25) is 5.02 Å². The summed E-state index contributed by atoms with van der Waals surface area (Å²) in [4.78, 5) is 18.6. The third-order valence-electron chi connectivity index (χ3n) is 6.33. The highest BCUT2D eigenvalue weighted by Crippen LogP contribution is 2.37. The van der Waals surface area contributed by atoms with Gasteiger partial charge in [0.25, 0.3) is 0 Å². The third-order valence-corrected chi connectivity index (χ3v) is 6.58. The first-order valence-corrected chi connectivity index (χ1v) is 11.3. The van der Waals surface area contributed by atoms with Gasteiger partial charge in [0.15, 0.2) is 0 Å². The average molecular weight is 461 g/mol. The maximum atomic E-state index is 13.6. The Morgan fingerprint density at radius 2 is 1.67 bits per heavy atom. The number of hydrogen-bond donors (Lipinski definition) is 1. The van der Waals surface area contributed by atoms with Gasteiger partial charge in [0.1, 0.15) is 11.6 Å². The monoisotopic (exact) mass is 460 g/mol. The molecular weight excluding hydrogens is 439 g/mol. The van der Waals surface area contributed by atoms with E-state index in [4.69, 9.17) is 16.6 Å². The molecular formula is C27H22ClFN2O2. The van der Waals surface area contributed by atoms with Gasteiger partial charge in [-0.05, 0) is 78.4 Å². The number of anilines is 1. The lowest BCUT2D eigenvalue weighted by molar-refractivity contribution is 0.0697. The molecule has 1 aliphatic rings. The van der Waals surface area contributed by atoms with Crippen molar-refractivity contribution in [2.45, 2.75) is 18.8 Å². The second-order valence-corrected chi connectivity index (χ2v) is 8.83. The second-order valence-electron chi connectivity index (χ2n) is 8.39. The molecule has 0 atom stereocenters. The van der Waals surface area contributed by atoms with E-state index in [-0.39, 0.29) is 11.4 Å². The molecule has 3 aromatic carbocycles. The number of fused-ring (bicyclic) bond motifs is 1. The molecule has 0 saturated carbocycles. The molecule has 1 fully saturated rings. The van der Waals surface area contributed by atoms with Crippen LogP contribution < -0.4 is 4.90 Å². The largest absolute Gasteiger partial charge is 0.478 e. The lowest BCUT2D eigenvalue weighted by Crippen LogP contribution is -2.33. The topological polar surface area (TPSA) is 53.4 Å². The normalized spacial score (nSPS) is 14.5. The van der Waals surface area contributed by atoms with Gasteiger partial charge < -0.3 is 10.0 Å². The van der Waals surface area contributed by atoms with Crippen LogP contribution in [-0.2, 0) is 0 Å². The van der Waals surface area contributed by atoms with Gasteiger partial charge in [-0.3, -0.25) is 0 Å². The van der Waals surface area contributed by atoms with Crippen LogP contribution in [0.3, 0.4) is 0 Å². The number of carbonyl (C=O) groups is 1. The number of nitrogens with zero attached hydrogens (tertiary/aromatic N) is 2. The molecule has 0 spiro atoms. The summed E-state index contributed by atoms with van der Waals surface area (Å²) in [6, 6.07) is 21.3. The first-order chi connectivity index (χ1) is 16.0. The standard InChI is InChI=1S/C27H22ClFN2O2/c28-22-6-1-17(2-7-22)18-11-13-31(14-12-18)26-24(19-3-8-23(29)9-4-19)16-21-15-20(27(32)33)5-10-25(21)30-26/h1-10,15-16,18H,11-14H2,(H,32,33). The van der Waals surface area contributed by atoms with Gasteiger partial charge in [-0.2, -0.15) is 0 Å². The van der Waals surface area contributed by atoms with Gasteiger partial charge in [-0.1, -0.05) is 35.9 Å². The maximum Gasteiger partial charge on any atom is 0.335 e. The number of benzene rings is 3. The van der Waals surface area contributed by atoms with E-state index < -0.39 is 5.97 Å². The summed E-state index contributed by atoms with van der Waals surface area (Å²) >= 11 is 6.04. The highest BCUT2D eigenvalue weighted by atomic mass is 35.5. The zero-order chi connectivity index (χ0) is 22.9. The fourth-order valence-corrected chi connectivity index (χ4v) is 4.67. The molecule has 1 N–H and O–H groups in total. The van der Waals surface area contributed by atoms with Gasteiger partial charge in [-0.15, -0.1) is 0 Å². The molecule has 0 radical (unpaired) electrons. The number of hydrogen-bond acceptors (Lipinski definition) is 3. The van der Waals surface area contributed by atoms with Gasteiger partial charge in [0, 0.05) is 29.1 Å². The lowest BCUT2D eigenvalue weighted by atomic mass is 9.89. The molecule has 2 heterocycles. The lowest BCUT2D eigenvalue weighted by Gasteiger charge is -2.34. The summed E-state index contributed by atoms with van der Waals surface area (Å²) in [6.45, 7) is 1.68. The van der Waals surface area contributed by atoms with E-state index in [0.717, 1.165) is 58.8 Å². The molecule has 1 saturated heterocycles. The van der Waals surface area contributed by atoms with Crippen molar-refractivity contribution in [3.8, 4) is 11.1 Å². The molecule has 5 rings (SSSR count). The van der Waals surface area contributed by atoms with Gasteiger partial charge in [0.05, 0.1) is 11.1 Å². The van der Waals surface area contributed by atoms with Crippen LogP contribution in [0.1, 0.15) is 34.7 Å². The Balaban J connectivity index is 1.51. The minimum atomic E-state index is -0.978. The average Bonchev–Trinajstić information content (AvgIpc) is 2.84. The van der Waals surface area contributed by atoms with E-state index in [2.05, 4.69) is 17.0 Å². The van der Waals surface area contributed by atoms with E-state index in [0.29, 0.717) is 5.92 Å². The number of aromatic nitrogens is 1.